The second-order valence-corrected chi connectivity index (χ2v) is 7.00. The minimum atomic E-state index is -0.248. The molecule has 8 heteroatoms. The van der Waals surface area contributed by atoms with Crippen LogP contribution in [0.2, 0.25) is 0 Å². The molecule has 0 saturated carbocycles. The van der Waals surface area contributed by atoms with Crippen LogP contribution in [0, 0.1) is 0 Å². The third-order valence-corrected chi connectivity index (χ3v) is 4.37. The number of likely N-dealkylation sites (N-methyl/N-ethyl adjacent to an activating group) is 1. The van der Waals surface area contributed by atoms with E-state index in [0.29, 0.717) is 29.7 Å². The maximum absolute atomic E-state index is 12.4. The van der Waals surface area contributed by atoms with Gasteiger partial charge in [-0.3, -0.25) is 14.3 Å². The van der Waals surface area contributed by atoms with Crippen LogP contribution in [0.15, 0.2) is 36.5 Å². The maximum Gasteiger partial charge on any atom is 0.276 e. The molecule has 3 rings (SSSR count). The standard InChI is InChI=1S/C19H26N6O2/c1-24(2)13-18(26)21-14-5-7-15(8-6-14)22-19(27)17-9-11-25(23-17)16-4-3-10-20-12-16/h5-9,11,16,20H,3-4,10,12-13H2,1-2H3,(H,21,26)(H,22,27). The molecule has 2 amide bonds. The second kappa shape index (κ2) is 8.79. The molecule has 0 aliphatic carbocycles. The highest BCUT2D eigenvalue weighted by atomic mass is 16.2. The largest absolute Gasteiger partial charge is 0.325 e. The molecule has 1 unspecified atom stereocenters. The fourth-order valence-electron chi connectivity index (χ4n) is 3.04. The van der Waals surface area contributed by atoms with E-state index in [4.69, 9.17) is 0 Å². The van der Waals surface area contributed by atoms with Crippen LogP contribution in [0.1, 0.15) is 29.4 Å². The lowest BCUT2D eigenvalue weighted by molar-refractivity contribution is -0.116. The van der Waals surface area contributed by atoms with Crippen LogP contribution < -0.4 is 16.0 Å². The molecule has 0 spiro atoms. The Labute approximate surface area is 158 Å². The molecule has 1 atom stereocenters. The summed E-state index contributed by atoms with van der Waals surface area (Å²) in [6, 6.07) is 9.06. The second-order valence-electron chi connectivity index (χ2n) is 7.00. The van der Waals surface area contributed by atoms with Gasteiger partial charge in [-0.05, 0) is 63.8 Å². The topological polar surface area (TPSA) is 91.3 Å². The summed E-state index contributed by atoms with van der Waals surface area (Å²) >= 11 is 0. The molecular weight excluding hydrogens is 344 g/mol. The Bertz CT molecular complexity index is 778. The minimum Gasteiger partial charge on any atom is -0.325 e. The number of hydrogen-bond acceptors (Lipinski definition) is 5. The fourth-order valence-corrected chi connectivity index (χ4v) is 3.04. The molecule has 8 nitrogen and oxygen atoms in total. The maximum atomic E-state index is 12.4. The first-order chi connectivity index (χ1) is 13.0. The van der Waals surface area contributed by atoms with Gasteiger partial charge < -0.3 is 20.9 Å². The van der Waals surface area contributed by atoms with Gasteiger partial charge in [-0.15, -0.1) is 0 Å². The van der Waals surface area contributed by atoms with Crippen LogP contribution in [0.4, 0.5) is 11.4 Å². The number of anilines is 2. The Balaban J connectivity index is 1.56. The van der Waals surface area contributed by atoms with Crippen molar-refractivity contribution in [3.8, 4) is 0 Å². The van der Waals surface area contributed by atoms with Crippen LogP contribution in [0.25, 0.3) is 0 Å². The molecule has 2 aromatic rings. The van der Waals surface area contributed by atoms with Gasteiger partial charge in [-0.1, -0.05) is 0 Å². The first kappa shape index (κ1) is 19.1. The van der Waals surface area contributed by atoms with E-state index in [-0.39, 0.29) is 11.8 Å². The molecule has 1 aromatic carbocycles. The van der Waals surface area contributed by atoms with Crippen molar-refractivity contribution in [3.05, 3.63) is 42.2 Å². The van der Waals surface area contributed by atoms with E-state index < -0.39 is 0 Å². The molecule has 1 aliphatic heterocycles. The van der Waals surface area contributed by atoms with E-state index in [9.17, 15) is 9.59 Å². The van der Waals surface area contributed by atoms with E-state index in [1.54, 1.807) is 35.2 Å². The predicted molar refractivity (Wildman–Crippen MR) is 105 cm³/mol. The van der Waals surface area contributed by atoms with Gasteiger partial charge in [0.2, 0.25) is 5.91 Å². The average molecular weight is 370 g/mol. The molecule has 0 bridgehead atoms. The summed E-state index contributed by atoms with van der Waals surface area (Å²) in [5.41, 5.74) is 1.73. The summed E-state index contributed by atoms with van der Waals surface area (Å²) in [5, 5.41) is 13.4. The summed E-state index contributed by atoms with van der Waals surface area (Å²) < 4.78 is 1.87. The van der Waals surface area contributed by atoms with Crippen molar-refractivity contribution in [3.63, 3.8) is 0 Å². The van der Waals surface area contributed by atoms with E-state index in [1.807, 2.05) is 25.0 Å². The van der Waals surface area contributed by atoms with Crippen molar-refractivity contribution < 1.29 is 9.59 Å². The molecule has 1 fully saturated rings. The van der Waals surface area contributed by atoms with Crippen molar-refractivity contribution >= 4 is 23.2 Å². The first-order valence-electron chi connectivity index (χ1n) is 9.13. The van der Waals surface area contributed by atoms with E-state index in [1.165, 1.54) is 0 Å². The lowest BCUT2D eigenvalue weighted by Gasteiger charge is -2.22. The number of nitrogens with one attached hydrogen (secondary N) is 3. The van der Waals surface area contributed by atoms with Crippen LogP contribution in [0.3, 0.4) is 0 Å². The van der Waals surface area contributed by atoms with Gasteiger partial charge in [0, 0.05) is 24.1 Å². The third kappa shape index (κ3) is 5.38. The van der Waals surface area contributed by atoms with Crippen LogP contribution in [-0.2, 0) is 4.79 Å². The quantitative estimate of drug-likeness (QED) is 0.718. The van der Waals surface area contributed by atoms with Gasteiger partial charge in [-0.25, -0.2) is 0 Å². The minimum absolute atomic E-state index is 0.0838. The Morgan fingerprint density at radius 2 is 1.89 bits per heavy atom. The average Bonchev–Trinajstić information content (AvgIpc) is 3.14. The smallest absolute Gasteiger partial charge is 0.276 e. The van der Waals surface area contributed by atoms with Gasteiger partial charge in [0.05, 0.1) is 12.6 Å². The SMILES string of the molecule is CN(C)CC(=O)Nc1ccc(NC(=O)c2ccn(C3CCCNC3)n2)cc1. The highest BCUT2D eigenvalue weighted by Gasteiger charge is 2.17. The lowest BCUT2D eigenvalue weighted by Crippen LogP contribution is -2.32. The predicted octanol–water partition coefficient (Wildman–Crippen LogP) is 1.56. The molecule has 1 aliphatic rings. The van der Waals surface area contributed by atoms with Crippen LogP contribution >= 0.6 is 0 Å². The van der Waals surface area contributed by atoms with Crippen LogP contribution in [-0.4, -0.2) is 60.2 Å². The van der Waals surface area contributed by atoms with Crippen molar-refractivity contribution in [2.75, 3.05) is 44.4 Å². The number of nitrogens with zero attached hydrogens (tertiary/aromatic N) is 3. The van der Waals surface area contributed by atoms with Crippen LogP contribution in [0.5, 0.6) is 0 Å². The number of aromatic nitrogens is 2. The number of carbonyl (C=O) groups is 2. The highest BCUT2D eigenvalue weighted by molar-refractivity contribution is 6.03. The number of benzene rings is 1. The normalized spacial score (nSPS) is 16.9. The van der Waals surface area contributed by atoms with Crippen molar-refractivity contribution in [1.82, 2.24) is 20.0 Å². The molecule has 3 N–H and O–H groups in total. The van der Waals surface area contributed by atoms with Gasteiger partial charge in [0.1, 0.15) is 0 Å². The van der Waals surface area contributed by atoms with E-state index >= 15 is 0 Å². The van der Waals surface area contributed by atoms with Gasteiger partial charge in [0.25, 0.3) is 5.91 Å². The summed E-state index contributed by atoms with van der Waals surface area (Å²) in [5.74, 6) is -0.332. The van der Waals surface area contributed by atoms with Gasteiger partial charge in [0.15, 0.2) is 5.69 Å². The number of piperidine rings is 1. The van der Waals surface area contributed by atoms with Crippen molar-refractivity contribution in [2.24, 2.45) is 0 Å². The molecule has 144 valence electrons. The molecule has 2 heterocycles. The zero-order valence-corrected chi connectivity index (χ0v) is 15.7. The van der Waals surface area contributed by atoms with Crippen molar-refractivity contribution in [1.29, 1.82) is 0 Å². The number of amides is 2. The molecule has 0 radical (unpaired) electrons. The number of carbonyl (C=O) groups excluding carboxylic acids is 2. The Kier molecular flexibility index (Phi) is 6.20. The van der Waals surface area contributed by atoms with E-state index in [2.05, 4.69) is 21.0 Å². The number of rotatable bonds is 6. The van der Waals surface area contributed by atoms with Crippen molar-refractivity contribution in [2.45, 2.75) is 18.9 Å². The molecular formula is C19H26N6O2. The number of hydrogen-bond donors (Lipinski definition) is 3. The monoisotopic (exact) mass is 370 g/mol. The fraction of sp³-hybridized carbons (Fsp3) is 0.421. The van der Waals surface area contributed by atoms with Gasteiger partial charge >= 0.3 is 0 Å². The first-order valence-corrected chi connectivity index (χ1v) is 9.13. The van der Waals surface area contributed by atoms with E-state index in [0.717, 1.165) is 25.9 Å². The highest BCUT2D eigenvalue weighted by Crippen LogP contribution is 2.17. The summed E-state index contributed by atoms with van der Waals surface area (Å²) in [4.78, 5) is 26.0. The Morgan fingerprint density at radius 3 is 2.52 bits per heavy atom. The molecule has 27 heavy (non-hydrogen) atoms. The Hall–Kier alpha value is -2.71. The lowest BCUT2D eigenvalue weighted by atomic mass is 10.1. The van der Waals surface area contributed by atoms with Gasteiger partial charge in [-0.2, -0.15) is 5.10 Å². The molecule has 1 saturated heterocycles. The zero-order chi connectivity index (χ0) is 19.2. The summed E-state index contributed by atoms with van der Waals surface area (Å²) in [7, 11) is 3.68. The molecule has 1 aromatic heterocycles. The summed E-state index contributed by atoms with van der Waals surface area (Å²) in [6.07, 6.45) is 4.04. The zero-order valence-electron chi connectivity index (χ0n) is 15.7. The summed E-state index contributed by atoms with van der Waals surface area (Å²) in [6.45, 7) is 2.23. The third-order valence-electron chi connectivity index (χ3n) is 4.37. The Morgan fingerprint density at radius 1 is 1.19 bits per heavy atom.